The zero-order valence-corrected chi connectivity index (χ0v) is 11.3. The van der Waals surface area contributed by atoms with Crippen LogP contribution in [-0.4, -0.2) is 31.0 Å². The van der Waals surface area contributed by atoms with Crippen molar-refractivity contribution in [1.82, 2.24) is 0 Å². The Kier molecular flexibility index (Phi) is 3.13. The van der Waals surface area contributed by atoms with E-state index in [0.717, 1.165) is 24.3 Å². The molecule has 2 aromatic rings. The molecule has 2 rings (SSSR count). The summed E-state index contributed by atoms with van der Waals surface area (Å²) in [7, 11) is -9.18. The van der Waals surface area contributed by atoms with E-state index in [2.05, 4.69) is 0 Å². The van der Waals surface area contributed by atoms with Gasteiger partial charge < -0.3 is 10.8 Å². The molecule has 0 radical (unpaired) electrons. The van der Waals surface area contributed by atoms with Gasteiger partial charge in [0, 0.05) is 5.39 Å². The Balaban J connectivity index is 2.94. The molecule has 8 nitrogen and oxygen atoms in total. The van der Waals surface area contributed by atoms with Gasteiger partial charge in [0.15, 0.2) is 0 Å². The standard InChI is InChI=1S/C10H9NO7S2/c11-9-8(20(16,17)18)4-5-3-6(19(13,14)15)1-2-7(5)10(9)12/h1-4,12H,11H2,(H,13,14,15)(H,16,17,18). The molecule has 0 aromatic heterocycles. The van der Waals surface area contributed by atoms with Gasteiger partial charge in [-0.3, -0.25) is 9.11 Å². The number of hydrogen-bond acceptors (Lipinski definition) is 6. The highest BCUT2D eigenvalue weighted by Crippen LogP contribution is 2.36. The van der Waals surface area contributed by atoms with Crippen molar-refractivity contribution in [3.05, 3.63) is 24.3 Å². The van der Waals surface area contributed by atoms with Crippen molar-refractivity contribution in [3.8, 4) is 5.75 Å². The van der Waals surface area contributed by atoms with Crippen LogP contribution in [0.3, 0.4) is 0 Å². The van der Waals surface area contributed by atoms with E-state index < -0.39 is 41.5 Å². The van der Waals surface area contributed by atoms with Crippen LogP contribution < -0.4 is 5.73 Å². The summed E-state index contributed by atoms with van der Waals surface area (Å²) in [6.45, 7) is 0. The maximum Gasteiger partial charge on any atom is 0.296 e. The molecule has 5 N–H and O–H groups in total. The molecule has 0 unspecified atom stereocenters. The second-order valence-corrected chi connectivity index (χ2v) is 6.78. The number of anilines is 1. The van der Waals surface area contributed by atoms with Crippen molar-refractivity contribution in [2.45, 2.75) is 9.79 Å². The number of nitrogens with two attached hydrogens (primary N) is 1. The van der Waals surface area contributed by atoms with Gasteiger partial charge in [-0.1, -0.05) is 0 Å². The van der Waals surface area contributed by atoms with Crippen molar-refractivity contribution >= 4 is 36.7 Å². The highest BCUT2D eigenvalue weighted by molar-refractivity contribution is 7.86. The Morgan fingerprint density at radius 1 is 0.950 bits per heavy atom. The Morgan fingerprint density at radius 3 is 2.05 bits per heavy atom. The SMILES string of the molecule is Nc1c(S(=O)(=O)O)cc2cc(S(=O)(=O)O)ccc2c1O. The van der Waals surface area contributed by atoms with E-state index in [9.17, 15) is 21.9 Å². The molecule has 0 fully saturated rings. The molecule has 0 spiro atoms. The number of phenols is 1. The number of hydrogen-bond donors (Lipinski definition) is 4. The van der Waals surface area contributed by atoms with Gasteiger partial charge in [-0.2, -0.15) is 16.8 Å². The zero-order valence-electron chi connectivity index (χ0n) is 9.68. The van der Waals surface area contributed by atoms with Crippen molar-refractivity contribution in [3.63, 3.8) is 0 Å². The van der Waals surface area contributed by atoms with Gasteiger partial charge in [-0.25, -0.2) is 0 Å². The minimum atomic E-state index is -4.69. The minimum Gasteiger partial charge on any atom is -0.505 e. The Hall–Kier alpha value is -1.88. The van der Waals surface area contributed by atoms with Crippen LogP contribution in [0.15, 0.2) is 34.1 Å². The summed E-state index contributed by atoms with van der Waals surface area (Å²) < 4.78 is 62.2. The second kappa shape index (κ2) is 4.31. The fourth-order valence-corrected chi connectivity index (χ4v) is 2.90. The summed E-state index contributed by atoms with van der Waals surface area (Å²) in [6.07, 6.45) is 0. The van der Waals surface area contributed by atoms with Crippen LogP contribution >= 0.6 is 0 Å². The van der Waals surface area contributed by atoms with Gasteiger partial charge in [-0.05, 0) is 29.7 Å². The van der Waals surface area contributed by atoms with Gasteiger partial charge >= 0.3 is 0 Å². The molecule has 0 amide bonds. The molecule has 0 aliphatic heterocycles. The van der Waals surface area contributed by atoms with E-state index >= 15 is 0 Å². The van der Waals surface area contributed by atoms with Crippen LogP contribution in [0.2, 0.25) is 0 Å². The molecule has 0 aliphatic rings. The van der Waals surface area contributed by atoms with Crippen molar-refractivity contribution in [2.24, 2.45) is 0 Å². The molecule has 108 valence electrons. The number of aromatic hydroxyl groups is 1. The highest BCUT2D eigenvalue weighted by atomic mass is 32.2. The van der Waals surface area contributed by atoms with Gasteiger partial charge in [0.2, 0.25) is 0 Å². The molecule has 10 heteroatoms. The smallest absolute Gasteiger partial charge is 0.296 e. The molecule has 2 aromatic carbocycles. The van der Waals surface area contributed by atoms with E-state index in [1.165, 1.54) is 0 Å². The van der Waals surface area contributed by atoms with Crippen LogP contribution in [0, 0.1) is 0 Å². The normalized spacial score (nSPS) is 12.7. The quantitative estimate of drug-likeness (QED) is 0.356. The molecule has 0 heterocycles. The molecule has 0 bridgehead atoms. The third kappa shape index (κ3) is 2.41. The first-order valence-corrected chi connectivity index (χ1v) is 7.90. The number of nitrogen functional groups attached to an aromatic ring is 1. The third-order valence-electron chi connectivity index (χ3n) is 2.66. The fraction of sp³-hybridized carbons (Fsp3) is 0. The summed E-state index contributed by atoms with van der Waals surface area (Å²) in [5.41, 5.74) is 4.85. The van der Waals surface area contributed by atoms with Crippen molar-refractivity contribution < 1.29 is 31.0 Å². The van der Waals surface area contributed by atoms with E-state index in [1.807, 2.05) is 0 Å². The summed E-state index contributed by atoms with van der Waals surface area (Å²) >= 11 is 0. The topological polar surface area (TPSA) is 155 Å². The average molecular weight is 319 g/mol. The molecule has 0 atom stereocenters. The predicted octanol–water partition coefficient (Wildman–Crippen LogP) is 0.621. The average Bonchev–Trinajstić information content (AvgIpc) is 2.30. The highest BCUT2D eigenvalue weighted by Gasteiger charge is 2.20. The monoisotopic (exact) mass is 319 g/mol. The number of rotatable bonds is 2. The second-order valence-electron chi connectivity index (χ2n) is 3.97. The first-order valence-electron chi connectivity index (χ1n) is 5.02. The summed E-state index contributed by atoms with van der Waals surface area (Å²) in [5, 5.41) is 9.83. The summed E-state index contributed by atoms with van der Waals surface area (Å²) in [6, 6.07) is 4.01. The van der Waals surface area contributed by atoms with Crippen molar-refractivity contribution in [2.75, 3.05) is 5.73 Å². The maximum atomic E-state index is 11.1. The van der Waals surface area contributed by atoms with Crippen LogP contribution in [-0.2, 0) is 20.2 Å². The Bertz CT molecular complexity index is 916. The lowest BCUT2D eigenvalue weighted by Gasteiger charge is -2.09. The van der Waals surface area contributed by atoms with Crippen molar-refractivity contribution in [1.29, 1.82) is 0 Å². The lowest BCUT2D eigenvalue weighted by atomic mass is 10.1. The largest absolute Gasteiger partial charge is 0.505 e. The van der Waals surface area contributed by atoms with E-state index in [0.29, 0.717) is 0 Å². The lowest BCUT2D eigenvalue weighted by Crippen LogP contribution is -2.04. The van der Waals surface area contributed by atoms with Crippen LogP contribution in [0.4, 0.5) is 5.69 Å². The zero-order chi connectivity index (χ0) is 15.3. The molecular weight excluding hydrogens is 310 g/mol. The van der Waals surface area contributed by atoms with Gasteiger partial charge in [0.25, 0.3) is 20.2 Å². The van der Waals surface area contributed by atoms with E-state index in [-0.39, 0.29) is 10.8 Å². The first-order chi connectivity index (χ1) is 9.01. The van der Waals surface area contributed by atoms with Gasteiger partial charge in [-0.15, -0.1) is 0 Å². The Labute approximate surface area is 114 Å². The van der Waals surface area contributed by atoms with E-state index in [4.69, 9.17) is 14.8 Å². The number of phenolic OH excluding ortho intramolecular Hbond substituents is 1. The van der Waals surface area contributed by atoms with Gasteiger partial charge in [0.05, 0.1) is 10.6 Å². The molecule has 0 aliphatic carbocycles. The van der Waals surface area contributed by atoms with Crippen LogP contribution in [0.1, 0.15) is 0 Å². The van der Waals surface area contributed by atoms with Crippen LogP contribution in [0.5, 0.6) is 5.75 Å². The maximum absolute atomic E-state index is 11.1. The number of benzene rings is 2. The number of fused-ring (bicyclic) bond motifs is 1. The summed E-state index contributed by atoms with van der Waals surface area (Å²) in [4.78, 5) is -1.24. The van der Waals surface area contributed by atoms with Gasteiger partial charge in [0.1, 0.15) is 10.6 Å². The molecule has 0 saturated carbocycles. The molecule has 20 heavy (non-hydrogen) atoms. The third-order valence-corrected chi connectivity index (χ3v) is 4.40. The summed E-state index contributed by atoms with van der Waals surface area (Å²) in [5.74, 6) is -0.614. The van der Waals surface area contributed by atoms with Crippen LogP contribution in [0.25, 0.3) is 10.8 Å². The molecule has 0 saturated heterocycles. The molecular formula is C10H9NO7S2. The minimum absolute atomic E-state index is 0.0283. The van der Waals surface area contributed by atoms with E-state index in [1.54, 1.807) is 0 Å². The Morgan fingerprint density at radius 2 is 1.55 bits per heavy atom. The predicted molar refractivity (Wildman–Crippen MR) is 69.7 cm³/mol. The first kappa shape index (κ1) is 14.5. The fourth-order valence-electron chi connectivity index (χ4n) is 1.73. The lowest BCUT2D eigenvalue weighted by molar-refractivity contribution is 0.473.